The van der Waals surface area contributed by atoms with Gasteiger partial charge in [0.15, 0.2) is 5.71 Å². The number of hydrogen-bond acceptors (Lipinski definition) is 6. The number of hydrogen-bond donors (Lipinski definition) is 0. The van der Waals surface area contributed by atoms with Crippen molar-refractivity contribution in [3.8, 4) is 0 Å². The summed E-state index contributed by atoms with van der Waals surface area (Å²) in [6, 6.07) is 7.08. The number of rotatable bonds is 7. The Balaban J connectivity index is 2.33. The first-order valence-electron chi connectivity index (χ1n) is 8.92. The quantitative estimate of drug-likeness (QED) is 0.273. The fourth-order valence-corrected chi connectivity index (χ4v) is 2.72. The van der Waals surface area contributed by atoms with Crippen molar-refractivity contribution < 1.29 is 36.8 Å². The van der Waals surface area contributed by atoms with Crippen LogP contribution in [0.2, 0.25) is 0 Å². The van der Waals surface area contributed by atoms with Crippen LogP contribution in [0.1, 0.15) is 34.7 Å². The highest BCUT2D eigenvalue weighted by molar-refractivity contribution is 6.43. The van der Waals surface area contributed by atoms with Gasteiger partial charge < -0.3 is 14.4 Å². The zero-order valence-electron chi connectivity index (χ0n) is 17.2. The van der Waals surface area contributed by atoms with Gasteiger partial charge in [-0.2, -0.15) is 13.2 Å². The molecule has 0 heterocycles. The summed E-state index contributed by atoms with van der Waals surface area (Å²) in [5, 5.41) is 7.44. The molecular formula is C21H20F4N2O4. The molecule has 6 nitrogen and oxygen atoms in total. The molecule has 0 aliphatic rings. The first kappa shape index (κ1) is 23.8. The number of aryl methyl sites for hydroxylation is 1. The fraction of sp³-hybridized carbons (Fsp3) is 0.286. The second-order valence-electron chi connectivity index (χ2n) is 6.36. The summed E-state index contributed by atoms with van der Waals surface area (Å²) in [6.45, 7) is 2.91. The van der Waals surface area contributed by atoms with E-state index >= 15 is 0 Å². The number of methoxy groups -OCH3 is 1. The van der Waals surface area contributed by atoms with Gasteiger partial charge in [-0.25, -0.2) is 9.18 Å². The molecule has 2 aromatic rings. The predicted octanol–water partition coefficient (Wildman–Crippen LogP) is 4.62. The zero-order valence-corrected chi connectivity index (χ0v) is 17.2. The van der Waals surface area contributed by atoms with E-state index in [0.717, 1.165) is 11.6 Å². The first-order chi connectivity index (χ1) is 14.6. The molecule has 0 unspecified atom stereocenters. The largest absolute Gasteiger partial charge is 0.464 e. The van der Waals surface area contributed by atoms with E-state index in [9.17, 15) is 22.4 Å². The van der Waals surface area contributed by atoms with Crippen molar-refractivity contribution in [1.82, 2.24) is 0 Å². The Morgan fingerprint density at radius 3 is 2.39 bits per heavy atom. The van der Waals surface area contributed by atoms with Crippen LogP contribution in [0.5, 0.6) is 0 Å². The lowest BCUT2D eigenvalue weighted by Gasteiger charge is -2.13. The van der Waals surface area contributed by atoms with E-state index in [4.69, 9.17) is 14.4 Å². The molecule has 0 aromatic heterocycles. The number of esters is 1. The standard InChI is InChI=1S/C21H20F4N2O4/c1-12-6-5-7-15(19(27-30-4)20(28)29-3)17(12)11-31-26-13(2)16-10-14(21(23,24)25)8-9-18(16)22/h5-10H,11H2,1-4H3/b26-13+,27-19+. The minimum Gasteiger partial charge on any atom is -0.464 e. The summed E-state index contributed by atoms with van der Waals surface area (Å²) < 4.78 is 57.5. The Bertz CT molecular complexity index is 1020. The van der Waals surface area contributed by atoms with E-state index in [0.29, 0.717) is 23.3 Å². The van der Waals surface area contributed by atoms with Gasteiger partial charge in [0.1, 0.15) is 19.5 Å². The van der Waals surface area contributed by atoms with Crippen LogP contribution in [-0.2, 0) is 32.0 Å². The van der Waals surface area contributed by atoms with Gasteiger partial charge >= 0.3 is 12.1 Å². The van der Waals surface area contributed by atoms with Gasteiger partial charge in [-0.3, -0.25) is 0 Å². The van der Waals surface area contributed by atoms with Gasteiger partial charge in [-0.15, -0.1) is 0 Å². The molecule has 0 fully saturated rings. The Morgan fingerprint density at radius 2 is 1.77 bits per heavy atom. The third-order valence-corrected chi connectivity index (χ3v) is 4.32. The molecule has 0 saturated carbocycles. The monoisotopic (exact) mass is 440 g/mol. The van der Waals surface area contributed by atoms with Crippen molar-refractivity contribution in [2.24, 2.45) is 10.3 Å². The molecule has 31 heavy (non-hydrogen) atoms. The third-order valence-electron chi connectivity index (χ3n) is 4.32. The minimum atomic E-state index is -4.62. The molecule has 0 aliphatic heterocycles. The molecule has 0 amide bonds. The van der Waals surface area contributed by atoms with Crippen LogP contribution >= 0.6 is 0 Å². The number of alkyl halides is 3. The lowest BCUT2D eigenvalue weighted by molar-refractivity contribution is -0.137. The van der Waals surface area contributed by atoms with Crippen molar-refractivity contribution in [1.29, 1.82) is 0 Å². The van der Waals surface area contributed by atoms with Crippen LogP contribution in [0, 0.1) is 12.7 Å². The number of halogens is 4. The van der Waals surface area contributed by atoms with Crippen LogP contribution in [0.3, 0.4) is 0 Å². The number of carbonyl (C=O) groups excluding carboxylic acids is 1. The van der Waals surface area contributed by atoms with Crippen LogP contribution < -0.4 is 0 Å². The highest BCUT2D eigenvalue weighted by atomic mass is 19.4. The van der Waals surface area contributed by atoms with Gasteiger partial charge in [-0.05, 0) is 37.6 Å². The van der Waals surface area contributed by atoms with E-state index in [1.807, 2.05) is 0 Å². The molecule has 0 bridgehead atoms. The van der Waals surface area contributed by atoms with Gasteiger partial charge in [0.05, 0.1) is 18.4 Å². The van der Waals surface area contributed by atoms with Crippen LogP contribution in [0.15, 0.2) is 46.7 Å². The van der Waals surface area contributed by atoms with Crippen molar-refractivity contribution in [3.63, 3.8) is 0 Å². The first-order valence-corrected chi connectivity index (χ1v) is 8.92. The lowest BCUT2D eigenvalue weighted by Crippen LogP contribution is -2.20. The number of nitrogens with zero attached hydrogens (tertiary/aromatic N) is 2. The van der Waals surface area contributed by atoms with Crippen LogP contribution in [0.4, 0.5) is 17.6 Å². The molecule has 0 radical (unpaired) electrons. The summed E-state index contributed by atoms with van der Waals surface area (Å²) >= 11 is 0. The smallest absolute Gasteiger partial charge is 0.416 e. The van der Waals surface area contributed by atoms with E-state index in [-0.39, 0.29) is 23.6 Å². The molecule has 0 atom stereocenters. The Kier molecular flexibility index (Phi) is 7.73. The molecule has 10 heteroatoms. The SMILES string of the molecule is CO/N=C(/C(=O)OC)c1cccc(C)c1CO/N=C(\C)c1cc(C(F)(F)F)ccc1F. The maximum Gasteiger partial charge on any atom is 0.416 e. The Hall–Kier alpha value is -3.43. The molecule has 0 saturated heterocycles. The number of oxime groups is 2. The van der Waals surface area contributed by atoms with E-state index in [1.165, 1.54) is 21.1 Å². The third kappa shape index (κ3) is 5.80. The number of ether oxygens (including phenoxy) is 1. The molecule has 0 N–H and O–H groups in total. The fourth-order valence-electron chi connectivity index (χ4n) is 2.72. The van der Waals surface area contributed by atoms with Crippen molar-refractivity contribution in [2.45, 2.75) is 26.6 Å². The lowest BCUT2D eigenvalue weighted by atomic mass is 9.99. The van der Waals surface area contributed by atoms with E-state index in [2.05, 4.69) is 10.3 Å². The second-order valence-corrected chi connectivity index (χ2v) is 6.36. The zero-order chi connectivity index (χ0) is 23.2. The van der Waals surface area contributed by atoms with Crippen molar-refractivity contribution in [2.75, 3.05) is 14.2 Å². The second kappa shape index (κ2) is 10.1. The molecule has 0 aliphatic carbocycles. The average molecular weight is 440 g/mol. The molecule has 2 aromatic carbocycles. The van der Waals surface area contributed by atoms with Crippen molar-refractivity contribution >= 4 is 17.4 Å². The average Bonchev–Trinajstić information content (AvgIpc) is 2.72. The minimum absolute atomic E-state index is 0.0857. The summed E-state index contributed by atoms with van der Waals surface area (Å²) in [5.41, 5.74) is 0.0865. The molecular weight excluding hydrogens is 420 g/mol. The summed E-state index contributed by atoms with van der Waals surface area (Å²) in [7, 11) is 2.46. The molecule has 166 valence electrons. The Morgan fingerprint density at radius 1 is 1.06 bits per heavy atom. The summed E-state index contributed by atoms with van der Waals surface area (Å²) in [4.78, 5) is 22.0. The topological polar surface area (TPSA) is 69.5 Å². The maximum absolute atomic E-state index is 14.0. The van der Waals surface area contributed by atoms with Gasteiger partial charge in [-0.1, -0.05) is 28.5 Å². The molecule has 2 rings (SSSR count). The van der Waals surface area contributed by atoms with Crippen LogP contribution in [-0.4, -0.2) is 31.6 Å². The maximum atomic E-state index is 14.0. The van der Waals surface area contributed by atoms with Crippen LogP contribution in [0.25, 0.3) is 0 Å². The number of benzene rings is 2. The van der Waals surface area contributed by atoms with Gasteiger partial charge in [0.25, 0.3) is 0 Å². The Labute approximate surface area is 176 Å². The van der Waals surface area contributed by atoms with Gasteiger partial charge in [0.2, 0.25) is 0 Å². The van der Waals surface area contributed by atoms with E-state index in [1.54, 1.807) is 25.1 Å². The van der Waals surface area contributed by atoms with Gasteiger partial charge in [0, 0.05) is 16.7 Å². The summed E-state index contributed by atoms with van der Waals surface area (Å²) in [6.07, 6.45) is -4.62. The highest BCUT2D eigenvalue weighted by Gasteiger charge is 2.31. The van der Waals surface area contributed by atoms with E-state index < -0.39 is 23.5 Å². The summed E-state index contributed by atoms with van der Waals surface area (Å²) in [5.74, 6) is -1.60. The highest BCUT2D eigenvalue weighted by Crippen LogP contribution is 2.30. The molecule has 0 spiro atoms. The normalized spacial score (nSPS) is 12.5. The number of carbonyl (C=O) groups is 1. The predicted molar refractivity (Wildman–Crippen MR) is 105 cm³/mol. The van der Waals surface area contributed by atoms with Crippen molar-refractivity contribution in [3.05, 3.63) is 70.0 Å².